The van der Waals surface area contributed by atoms with Gasteiger partial charge in [0.25, 0.3) is 0 Å². The number of rotatable bonds is 3. The summed E-state index contributed by atoms with van der Waals surface area (Å²) in [6, 6.07) is 0. The quantitative estimate of drug-likeness (QED) is 0.711. The Balaban J connectivity index is 1.60. The Bertz CT molecular complexity index is 674. The number of carbonyl (C=O) groups is 2. The van der Waals surface area contributed by atoms with E-state index in [0.717, 1.165) is 25.2 Å². The lowest BCUT2D eigenvalue weighted by Crippen LogP contribution is -2.60. The molecule has 158 valence electrons. The molecule has 0 unspecified atom stereocenters. The molecule has 4 nitrogen and oxygen atoms in total. The van der Waals surface area contributed by atoms with E-state index in [1.807, 2.05) is 0 Å². The van der Waals surface area contributed by atoms with Crippen molar-refractivity contribution in [3.8, 4) is 0 Å². The number of Topliss-reactive ketones (excluding diaryl/α,β-unsaturated/α-hetero) is 1. The fourth-order valence-electron chi connectivity index (χ4n) is 8.37. The van der Waals surface area contributed by atoms with Crippen molar-refractivity contribution in [3.63, 3.8) is 0 Å². The third-order valence-electron chi connectivity index (χ3n) is 10.4. The zero-order valence-electron chi connectivity index (χ0n) is 18.2. The van der Waals surface area contributed by atoms with E-state index in [0.29, 0.717) is 29.1 Å². The standard InChI is InChI=1S/C24H38O4/c1-16(25)28-15-20(26)24(27)14-9-19-17-7-12-21(2)10-5-6-11-22(21,3)18(17)8-13-23(19,24)4/h17-19,27H,5-15H2,1-4H3/t17-,18+,19+,21+,22+,23+,24-/m0/s1. The van der Waals surface area contributed by atoms with Gasteiger partial charge in [-0.2, -0.15) is 0 Å². The van der Waals surface area contributed by atoms with E-state index >= 15 is 0 Å². The van der Waals surface area contributed by atoms with Crippen LogP contribution >= 0.6 is 0 Å². The number of ether oxygens (including phenoxy) is 1. The highest BCUT2D eigenvalue weighted by molar-refractivity contribution is 5.90. The van der Waals surface area contributed by atoms with Crippen LogP contribution in [0.25, 0.3) is 0 Å². The van der Waals surface area contributed by atoms with Crippen molar-refractivity contribution < 1.29 is 19.4 Å². The van der Waals surface area contributed by atoms with E-state index in [2.05, 4.69) is 20.8 Å². The summed E-state index contributed by atoms with van der Waals surface area (Å²) in [4.78, 5) is 24.1. The fourth-order valence-corrected chi connectivity index (χ4v) is 8.37. The smallest absolute Gasteiger partial charge is 0.303 e. The molecule has 0 aromatic rings. The predicted octanol–water partition coefficient (Wildman–Crippen LogP) is 4.67. The molecular weight excluding hydrogens is 352 g/mol. The number of carbonyl (C=O) groups excluding carboxylic acids is 2. The van der Waals surface area contributed by atoms with Crippen molar-refractivity contribution in [3.05, 3.63) is 0 Å². The van der Waals surface area contributed by atoms with E-state index in [-0.39, 0.29) is 17.8 Å². The molecule has 0 aromatic heterocycles. The van der Waals surface area contributed by atoms with Gasteiger partial charge in [-0.3, -0.25) is 9.59 Å². The number of aliphatic hydroxyl groups is 1. The van der Waals surface area contributed by atoms with Crippen LogP contribution in [0.15, 0.2) is 0 Å². The average molecular weight is 391 g/mol. The van der Waals surface area contributed by atoms with Crippen LogP contribution in [0.4, 0.5) is 0 Å². The number of hydrogen-bond acceptors (Lipinski definition) is 4. The van der Waals surface area contributed by atoms with Crippen molar-refractivity contribution in [1.82, 2.24) is 0 Å². The maximum atomic E-state index is 12.9. The van der Waals surface area contributed by atoms with Crippen LogP contribution in [-0.2, 0) is 14.3 Å². The highest BCUT2D eigenvalue weighted by Crippen LogP contribution is 2.71. The van der Waals surface area contributed by atoms with Crippen LogP contribution in [0.1, 0.15) is 91.9 Å². The first kappa shape index (κ1) is 20.4. The van der Waals surface area contributed by atoms with Gasteiger partial charge in [-0.05, 0) is 80.0 Å². The van der Waals surface area contributed by atoms with Crippen molar-refractivity contribution in [2.75, 3.05) is 6.61 Å². The van der Waals surface area contributed by atoms with E-state index in [4.69, 9.17) is 4.74 Å². The van der Waals surface area contributed by atoms with E-state index in [1.54, 1.807) is 0 Å². The van der Waals surface area contributed by atoms with Gasteiger partial charge in [0.2, 0.25) is 5.78 Å². The SMILES string of the molecule is CC(=O)OCC(=O)[C@@]1(O)CC[C@@H]2[C@H]3CC[C@@]4(C)CCCC[C@]4(C)[C@@H]3CC[C@]21C. The van der Waals surface area contributed by atoms with E-state index in [9.17, 15) is 14.7 Å². The maximum Gasteiger partial charge on any atom is 0.303 e. The monoisotopic (exact) mass is 390 g/mol. The molecule has 0 amide bonds. The minimum atomic E-state index is -1.34. The zero-order chi connectivity index (χ0) is 20.4. The first-order valence-electron chi connectivity index (χ1n) is 11.5. The summed E-state index contributed by atoms with van der Waals surface area (Å²) >= 11 is 0. The lowest BCUT2D eigenvalue weighted by molar-refractivity contribution is -0.184. The van der Waals surface area contributed by atoms with Crippen LogP contribution in [0, 0.1) is 34.0 Å². The second-order valence-corrected chi connectivity index (χ2v) is 11.2. The van der Waals surface area contributed by atoms with Crippen molar-refractivity contribution in [2.24, 2.45) is 34.0 Å². The number of esters is 1. The molecular formula is C24H38O4. The molecule has 0 radical (unpaired) electrons. The predicted molar refractivity (Wildman–Crippen MR) is 108 cm³/mol. The second kappa shape index (κ2) is 6.55. The topological polar surface area (TPSA) is 63.6 Å². The summed E-state index contributed by atoms with van der Waals surface area (Å²) in [5.41, 5.74) is -0.866. The van der Waals surface area contributed by atoms with Crippen LogP contribution in [0.3, 0.4) is 0 Å². The first-order valence-corrected chi connectivity index (χ1v) is 11.5. The molecule has 0 saturated heterocycles. The third kappa shape index (κ3) is 2.58. The molecule has 0 spiro atoms. The minimum absolute atomic E-state index is 0.294. The fraction of sp³-hybridized carbons (Fsp3) is 0.917. The summed E-state index contributed by atoms with van der Waals surface area (Å²) in [5.74, 6) is 0.981. The highest BCUT2D eigenvalue weighted by Gasteiger charge is 2.67. The second-order valence-electron chi connectivity index (χ2n) is 11.2. The van der Waals surface area contributed by atoms with Gasteiger partial charge in [0, 0.05) is 12.3 Å². The Hall–Kier alpha value is -0.900. The molecule has 4 rings (SSSR count). The van der Waals surface area contributed by atoms with Gasteiger partial charge in [0.05, 0.1) is 0 Å². The summed E-state index contributed by atoms with van der Waals surface area (Å²) in [6.45, 7) is 8.25. The van der Waals surface area contributed by atoms with Gasteiger partial charge in [-0.1, -0.05) is 33.6 Å². The number of hydrogen-bond donors (Lipinski definition) is 1. The van der Waals surface area contributed by atoms with E-state index < -0.39 is 11.6 Å². The lowest BCUT2D eigenvalue weighted by Gasteiger charge is -2.65. The van der Waals surface area contributed by atoms with Crippen LogP contribution in [-0.4, -0.2) is 29.1 Å². The van der Waals surface area contributed by atoms with Crippen molar-refractivity contribution in [2.45, 2.75) is 97.5 Å². The van der Waals surface area contributed by atoms with Gasteiger partial charge in [0.15, 0.2) is 6.61 Å². The molecule has 0 aromatic carbocycles. The van der Waals surface area contributed by atoms with Gasteiger partial charge in [0.1, 0.15) is 5.60 Å². The summed E-state index contributed by atoms with van der Waals surface area (Å²) in [5, 5.41) is 11.5. The minimum Gasteiger partial charge on any atom is -0.458 e. The van der Waals surface area contributed by atoms with Gasteiger partial charge in [-0.15, -0.1) is 0 Å². The van der Waals surface area contributed by atoms with Crippen LogP contribution in [0.2, 0.25) is 0 Å². The third-order valence-corrected chi connectivity index (χ3v) is 10.4. The molecule has 0 bridgehead atoms. The average Bonchev–Trinajstić information content (AvgIpc) is 2.92. The summed E-state index contributed by atoms with van der Waals surface area (Å²) < 4.78 is 4.96. The summed E-state index contributed by atoms with van der Waals surface area (Å²) in [6.07, 6.45) is 11.4. The molecule has 4 aliphatic rings. The Morgan fingerprint density at radius 2 is 1.54 bits per heavy atom. The number of fused-ring (bicyclic) bond motifs is 5. The largest absolute Gasteiger partial charge is 0.458 e. The molecule has 4 heteroatoms. The molecule has 4 fully saturated rings. The molecule has 0 heterocycles. The molecule has 4 saturated carbocycles. The molecule has 4 aliphatic carbocycles. The molecule has 7 atom stereocenters. The first-order chi connectivity index (χ1) is 13.1. The Morgan fingerprint density at radius 3 is 2.25 bits per heavy atom. The lowest BCUT2D eigenvalue weighted by atomic mass is 9.40. The maximum absolute atomic E-state index is 12.9. The molecule has 28 heavy (non-hydrogen) atoms. The zero-order valence-corrected chi connectivity index (χ0v) is 18.2. The Kier molecular flexibility index (Phi) is 4.77. The normalized spacial score (nSPS) is 50.2. The van der Waals surface area contributed by atoms with Crippen LogP contribution in [0.5, 0.6) is 0 Å². The molecule has 0 aliphatic heterocycles. The van der Waals surface area contributed by atoms with Gasteiger partial charge < -0.3 is 9.84 Å². The van der Waals surface area contributed by atoms with Crippen molar-refractivity contribution >= 4 is 11.8 Å². The molecule has 1 N–H and O–H groups in total. The van der Waals surface area contributed by atoms with Crippen molar-refractivity contribution in [1.29, 1.82) is 0 Å². The number of ketones is 1. The Morgan fingerprint density at radius 1 is 0.893 bits per heavy atom. The van der Waals surface area contributed by atoms with Crippen LogP contribution < -0.4 is 0 Å². The summed E-state index contributed by atoms with van der Waals surface area (Å²) in [7, 11) is 0. The van der Waals surface area contributed by atoms with Gasteiger partial charge in [-0.25, -0.2) is 0 Å². The highest BCUT2D eigenvalue weighted by atomic mass is 16.5. The Labute approximate surface area is 169 Å². The van der Waals surface area contributed by atoms with Gasteiger partial charge >= 0.3 is 5.97 Å². The van der Waals surface area contributed by atoms with E-state index in [1.165, 1.54) is 45.4 Å².